The number of hydrogen-bond acceptors (Lipinski definition) is 5. The van der Waals surface area contributed by atoms with E-state index in [0.717, 1.165) is 53.9 Å². The van der Waals surface area contributed by atoms with Gasteiger partial charge in [0.2, 0.25) is 0 Å². The molecule has 0 unspecified atom stereocenters. The van der Waals surface area contributed by atoms with Crippen molar-refractivity contribution in [3.05, 3.63) is 53.9 Å². The van der Waals surface area contributed by atoms with E-state index in [1.165, 1.54) is 9.96 Å². The molecule has 3 heterocycles. The van der Waals surface area contributed by atoms with Crippen LogP contribution in [-0.2, 0) is 26.5 Å². The van der Waals surface area contributed by atoms with Crippen LogP contribution >= 0.6 is 0 Å². The van der Waals surface area contributed by atoms with Crippen LogP contribution in [0.2, 0.25) is 17.3 Å². The second kappa shape index (κ2) is 12.8. The molecule has 2 N–H and O–H groups in total. The molecular formula is C26H35GeIrN2O3-. The second-order valence-electron chi connectivity index (χ2n) is 9.08. The van der Waals surface area contributed by atoms with E-state index < -0.39 is 13.3 Å². The zero-order valence-electron chi connectivity index (χ0n) is 20.8. The summed E-state index contributed by atoms with van der Waals surface area (Å²) in [6.07, 6.45) is 3.19. The van der Waals surface area contributed by atoms with Crippen molar-refractivity contribution in [1.82, 2.24) is 9.97 Å². The molecule has 1 radical (unpaired) electrons. The van der Waals surface area contributed by atoms with Crippen LogP contribution in [0.3, 0.4) is 0 Å². The van der Waals surface area contributed by atoms with Crippen molar-refractivity contribution >= 4 is 39.7 Å². The fourth-order valence-corrected chi connectivity index (χ4v) is 7.16. The Kier molecular flexibility index (Phi) is 11.4. The summed E-state index contributed by atoms with van der Waals surface area (Å²) >= 11 is -1.99. The number of aliphatic hydroxyl groups is 2. The Morgan fingerprint density at radius 1 is 1.03 bits per heavy atom. The monoisotopic (exact) mass is 690 g/mol. The van der Waals surface area contributed by atoms with Gasteiger partial charge in [0, 0.05) is 34.3 Å². The zero-order chi connectivity index (χ0) is 24.1. The smallest absolute Gasteiger partial charge is 0 e. The Morgan fingerprint density at radius 2 is 1.70 bits per heavy atom. The van der Waals surface area contributed by atoms with Crippen LogP contribution in [0.1, 0.15) is 25.1 Å². The molecule has 0 saturated carbocycles. The zero-order valence-corrected chi connectivity index (χ0v) is 25.3. The van der Waals surface area contributed by atoms with Crippen LogP contribution in [-0.4, -0.2) is 47.7 Å². The normalized spacial score (nSPS) is 10.9. The number of pyridine rings is 2. The predicted molar refractivity (Wildman–Crippen MR) is 136 cm³/mol. The summed E-state index contributed by atoms with van der Waals surface area (Å²) in [6, 6.07) is 13.8. The van der Waals surface area contributed by atoms with Crippen molar-refractivity contribution < 1.29 is 34.7 Å². The first-order chi connectivity index (χ1) is 15.2. The quantitative estimate of drug-likeness (QED) is 0.230. The van der Waals surface area contributed by atoms with Crippen LogP contribution in [0.5, 0.6) is 0 Å². The first-order valence-corrected chi connectivity index (χ1v) is 18.2. The molecule has 4 rings (SSSR count). The molecule has 0 bridgehead atoms. The number of benzene rings is 1. The van der Waals surface area contributed by atoms with Gasteiger partial charge in [0.1, 0.15) is 0 Å². The molecule has 7 heteroatoms. The van der Waals surface area contributed by atoms with Crippen molar-refractivity contribution in [2.24, 2.45) is 5.92 Å². The third kappa shape index (κ3) is 6.74. The largest absolute Gasteiger partial charge is 0 e. The number of furan rings is 1. The van der Waals surface area contributed by atoms with E-state index in [0.29, 0.717) is 11.6 Å². The van der Waals surface area contributed by atoms with Gasteiger partial charge in [0.05, 0.1) is 0 Å². The van der Waals surface area contributed by atoms with E-state index in [1.54, 1.807) is 0 Å². The van der Waals surface area contributed by atoms with Gasteiger partial charge in [-0.15, -0.1) is 0 Å². The molecule has 3 aromatic heterocycles. The van der Waals surface area contributed by atoms with Crippen molar-refractivity contribution in [2.45, 2.75) is 44.5 Å². The Morgan fingerprint density at radius 3 is 2.30 bits per heavy atom. The molecule has 0 fully saturated rings. The number of rotatable bonds is 4. The van der Waals surface area contributed by atoms with Gasteiger partial charge >= 0.3 is 170 Å². The molecular weight excluding hydrogens is 653 g/mol. The number of nitrogens with zero attached hydrogens (tertiary/aromatic N) is 2. The molecule has 33 heavy (non-hydrogen) atoms. The van der Waals surface area contributed by atoms with Gasteiger partial charge in [-0.2, -0.15) is 0 Å². The summed E-state index contributed by atoms with van der Waals surface area (Å²) in [4.78, 5) is 9.41. The summed E-state index contributed by atoms with van der Waals surface area (Å²) in [5, 5.41) is 16.1. The summed E-state index contributed by atoms with van der Waals surface area (Å²) in [5.74, 6) is 7.90. The molecule has 0 saturated heterocycles. The fraction of sp³-hybridized carbons (Fsp3) is 0.385. The van der Waals surface area contributed by atoms with E-state index in [1.807, 2.05) is 19.1 Å². The molecule has 1 aromatic carbocycles. The molecule has 4 aromatic rings. The number of hydrogen-bond donors (Lipinski definition) is 2. The third-order valence-electron chi connectivity index (χ3n) is 5.12. The van der Waals surface area contributed by atoms with E-state index in [4.69, 9.17) is 19.6 Å². The van der Waals surface area contributed by atoms with Crippen LogP contribution in [0.25, 0.3) is 33.3 Å². The Bertz CT molecular complexity index is 1180. The van der Waals surface area contributed by atoms with E-state index in [9.17, 15) is 0 Å². The molecule has 0 aliphatic carbocycles. The molecule has 0 atom stereocenters. The van der Waals surface area contributed by atoms with Gasteiger partial charge in [0.25, 0.3) is 0 Å². The van der Waals surface area contributed by atoms with Crippen LogP contribution in [0.4, 0.5) is 0 Å². The molecule has 0 spiro atoms. The molecule has 5 nitrogen and oxygen atoms in total. The van der Waals surface area contributed by atoms with Gasteiger partial charge in [-0.25, -0.2) is 0 Å². The van der Waals surface area contributed by atoms with Crippen molar-refractivity contribution in [3.63, 3.8) is 0 Å². The number of fused-ring (bicyclic) bond motifs is 3. The molecule has 181 valence electrons. The standard InChI is InChI=1S/C24H27GeN2O.2CH4O.Ir/c1-15(2)12-17-13-22(26-14-21(17)25(4,5)6)20-9-7-8-18-19-11-10-16(3)27-24(19)28-23(18)20;2*1-2;/h7-8,10-11,13-15H,12H2,1-6H3;2*2H,1H3;/q-1;;;. The first kappa shape index (κ1) is 29.5. The van der Waals surface area contributed by atoms with Gasteiger partial charge < -0.3 is 10.2 Å². The van der Waals surface area contributed by atoms with Gasteiger partial charge in [0.15, 0.2) is 0 Å². The topological polar surface area (TPSA) is 79.4 Å². The molecule has 0 aliphatic heterocycles. The molecule has 0 amide bonds. The minimum absolute atomic E-state index is 0. The average Bonchev–Trinajstić information content (AvgIpc) is 3.13. The van der Waals surface area contributed by atoms with Crippen molar-refractivity contribution in [1.29, 1.82) is 0 Å². The van der Waals surface area contributed by atoms with Crippen molar-refractivity contribution in [2.75, 3.05) is 14.2 Å². The average molecular weight is 688 g/mol. The Balaban J connectivity index is 0.00000103. The van der Waals surface area contributed by atoms with Crippen LogP contribution in [0, 0.1) is 18.9 Å². The van der Waals surface area contributed by atoms with Crippen LogP contribution < -0.4 is 4.40 Å². The van der Waals surface area contributed by atoms with E-state index >= 15 is 0 Å². The predicted octanol–water partition coefficient (Wildman–Crippen LogP) is 5.11. The summed E-state index contributed by atoms with van der Waals surface area (Å²) < 4.78 is 7.66. The minimum Gasteiger partial charge on any atom is 0 e. The number of aryl methyl sites for hydroxylation is 1. The van der Waals surface area contributed by atoms with Crippen LogP contribution in [0.15, 0.2) is 40.9 Å². The van der Waals surface area contributed by atoms with E-state index in [2.05, 4.69) is 66.6 Å². The summed E-state index contributed by atoms with van der Waals surface area (Å²) in [6.45, 7) is 6.54. The third-order valence-corrected chi connectivity index (χ3v) is 9.45. The maximum atomic E-state index is 7.00. The SMILES string of the molecule is CO.CO.Cc1ccc2c(n1)oc1c(-c3cc(CC(C)C)[c]([Ge]([CH3])([CH3])[CH3])cn3)[c-]ccc12.[Ir]. The summed E-state index contributed by atoms with van der Waals surface area (Å²) in [7, 11) is 2.00. The summed E-state index contributed by atoms with van der Waals surface area (Å²) in [5.41, 5.74) is 5.75. The van der Waals surface area contributed by atoms with Gasteiger partial charge in [-0.05, 0) is 0 Å². The van der Waals surface area contributed by atoms with Gasteiger partial charge in [-0.1, -0.05) is 0 Å². The van der Waals surface area contributed by atoms with Crippen molar-refractivity contribution in [3.8, 4) is 11.3 Å². The van der Waals surface area contributed by atoms with E-state index in [-0.39, 0.29) is 20.1 Å². The Hall–Kier alpha value is -1.57. The first-order valence-electron chi connectivity index (χ1n) is 10.8. The minimum atomic E-state index is -1.99. The Labute approximate surface area is 213 Å². The number of aliphatic hydroxyl groups excluding tert-OH is 2. The second-order valence-corrected chi connectivity index (χ2v) is 19.6. The number of aromatic nitrogens is 2. The fourth-order valence-electron chi connectivity index (χ4n) is 3.82. The maximum Gasteiger partial charge on any atom is 0 e. The molecule has 0 aliphatic rings. The van der Waals surface area contributed by atoms with Gasteiger partial charge in [-0.3, -0.25) is 0 Å². The maximum absolute atomic E-state index is 7.00.